The first-order valence-corrected chi connectivity index (χ1v) is 8.46. The van der Waals surface area contributed by atoms with Crippen LogP contribution in [0.15, 0.2) is 18.2 Å². The third-order valence-electron chi connectivity index (χ3n) is 5.04. The SMILES string of the molecule is COc1ccc(C2CCCC2)cc1CCN1CCNCC1. The van der Waals surface area contributed by atoms with Gasteiger partial charge in [0.05, 0.1) is 7.11 Å². The minimum Gasteiger partial charge on any atom is -0.496 e. The largest absolute Gasteiger partial charge is 0.496 e. The van der Waals surface area contributed by atoms with Gasteiger partial charge in [-0.05, 0) is 42.4 Å². The number of rotatable bonds is 5. The van der Waals surface area contributed by atoms with Gasteiger partial charge in [-0.25, -0.2) is 0 Å². The molecule has 116 valence electrons. The zero-order valence-electron chi connectivity index (χ0n) is 13.2. The monoisotopic (exact) mass is 288 g/mol. The smallest absolute Gasteiger partial charge is 0.122 e. The molecule has 3 rings (SSSR count). The van der Waals surface area contributed by atoms with E-state index < -0.39 is 0 Å². The zero-order valence-corrected chi connectivity index (χ0v) is 13.2. The highest BCUT2D eigenvalue weighted by molar-refractivity contribution is 5.39. The Hall–Kier alpha value is -1.06. The number of hydrogen-bond donors (Lipinski definition) is 1. The molecule has 2 aliphatic rings. The summed E-state index contributed by atoms with van der Waals surface area (Å²) in [5.74, 6) is 1.85. The molecule has 0 bridgehead atoms. The maximum absolute atomic E-state index is 5.57. The van der Waals surface area contributed by atoms with Crippen molar-refractivity contribution in [2.75, 3.05) is 39.8 Å². The number of nitrogens with one attached hydrogen (secondary N) is 1. The van der Waals surface area contributed by atoms with Gasteiger partial charge in [0.2, 0.25) is 0 Å². The zero-order chi connectivity index (χ0) is 14.5. The fourth-order valence-electron chi connectivity index (χ4n) is 3.72. The molecule has 3 heteroatoms. The molecule has 0 unspecified atom stereocenters. The molecule has 1 heterocycles. The highest BCUT2D eigenvalue weighted by Gasteiger charge is 2.18. The van der Waals surface area contributed by atoms with E-state index in [1.54, 1.807) is 7.11 Å². The Kier molecular flexibility index (Phi) is 5.15. The summed E-state index contributed by atoms with van der Waals surface area (Å²) < 4.78 is 5.57. The summed E-state index contributed by atoms with van der Waals surface area (Å²) in [6.07, 6.45) is 6.62. The maximum atomic E-state index is 5.57. The number of piperazine rings is 1. The molecule has 1 aliphatic carbocycles. The first-order chi connectivity index (χ1) is 10.4. The molecule has 1 saturated heterocycles. The lowest BCUT2D eigenvalue weighted by Crippen LogP contribution is -2.44. The molecule has 0 spiro atoms. The van der Waals surface area contributed by atoms with Crippen molar-refractivity contribution in [1.29, 1.82) is 0 Å². The molecule has 21 heavy (non-hydrogen) atoms. The average Bonchev–Trinajstić information content (AvgIpc) is 3.08. The molecule has 0 radical (unpaired) electrons. The molecule has 0 aromatic heterocycles. The Balaban J connectivity index is 1.67. The summed E-state index contributed by atoms with van der Waals surface area (Å²) in [6, 6.07) is 6.88. The predicted octanol–water partition coefficient (Wildman–Crippen LogP) is 2.80. The van der Waals surface area contributed by atoms with Gasteiger partial charge in [-0.15, -0.1) is 0 Å². The quantitative estimate of drug-likeness (QED) is 0.901. The molecule has 3 nitrogen and oxygen atoms in total. The second kappa shape index (κ2) is 7.28. The third-order valence-corrected chi connectivity index (χ3v) is 5.04. The Morgan fingerprint density at radius 1 is 1.19 bits per heavy atom. The second-order valence-corrected chi connectivity index (χ2v) is 6.39. The number of ether oxygens (including phenoxy) is 1. The van der Waals surface area contributed by atoms with E-state index in [0.717, 1.165) is 37.7 Å². The lowest BCUT2D eigenvalue weighted by atomic mass is 9.94. The van der Waals surface area contributed by atoms with Crippen molar-refractivity contribution in [2.24, 2.45) is 0 Å². The van der Waals surface area contributed by atoms with Crippen LogP contribution < -0.4 is 10.1 Å². The summed E-state index contributed by atoms with van der Waals surface area (Å²) in [7, 11) is 1.79. The molecule has 1 aliphatic heterocycles. The van der Waals surface area contributed by atoms with Gasteiger partial charge in [0.25, 0.3) is 0 Å². The Morgan fingerprint density at radius 2 is 1.95 bits per heavy atom. The van der Waals surface area contributed by atoms with E-state index >= 15 is 0 Å². The number of nitrogens with zero attached hydrogens (tertiary/aromatic N) is 1. The van der Waals surface area contributed by atoms with Crippen LogP contribution in [0, 0.1) is 0 Å². The lowest BCUT2D eigenvalue weighted by molar-refractivity contribution is 0.243. The normalized spacial score (nSPS) is 20.8. The predicted molar refractivity (Wildman–Crippen MR) is 87.2 cm³/mol. The molecule has 2 fully saturated rings. The summed E-state index contributed by atoms with van der Waals surface area (Å²) >= 11 is 0. The van der Waals surface area contributed by atoms with Crippen molar-refractivity contribution in [3.63, 3.8) is 0 Å². The number of methoxy groups -OCH3 is 1. The fraction of sp³-hybridized carbons (Fsp3) is 0.667. The third kappa shape index (κ3) is 3.78. The van der Waals surface area contributed by atoms with Crippen molar-refractivity contribution in [3.8, 4) is 5.75 Å². The van der Waals surface area contributed by atoms with Crippen molar-refractivity contribution in [2.45, 2.75) is 38.0 Å². The van der Waals surface area contributed by atoms with Crippen LogP contribution in [0.4, 0.5) is 0 Å². The fourth-order valence-corrected chi connectivity index (χ4v) is 3.72. The minimum absolute atomic E-state index is 0.786. The summed E-state index contributed by atoms with van der Waals surface area (Å²) in [6.45, 7) is 5.74. The van der Waals surface area contributed by atoms with Crippen molar-refractivity contribution < 1.29 is 4.74 Å². The first kappa shape index (κ1) is 14.9. The molecular formula is C18H28N2O. The highest BCUT2D eigenvalue weighted by atomic mass is 16.5. The van der Waals surface area contributed by atoms with Crippen molar-refractivity contribution >= 4 is 0 Å². The van der Waals surface area contributed by atoms with Gasteiger partial charge in [-0.3, -0.25) is 0 Å². The van der Waals surface area contributed by atoms with E-state index in [-0.39, 0.29) is 0 Å². The topological polar surface area (TPSA) is 24.5 Å². The van der Waals surface area contributed by atoms with E-state index in [1.807, 2.05) is 0 Å². The van der Waals surface area contributed by atoms with Crippen LogP contribution in [-0.2, 0) is 6.42 Å². The van der Waals surface area contributed by atoms with Crippen LogP contribution in [0.5, 0.6) is 5.75 Å². The van der Waals surface area contributed by atoms with Crippen LogP contribution in [-0.4, -0.2) is 44.7 Å². The van der Waals surface area contributed by atoms with Gasteiger partial charge in [0.15, 0.2) is 0 Å². The lowest BCUT2D eigenvalue weighted by Gasteiger charge is -2.27. The molecule has 1 N–H and O–H groups in total. The standard InChI is InChI=1S/C18H28N2O/c1-21-18-7-6-16(15-4-2-3-5-15)14-17(18)8-11-20-12-9-19-10-13-20/h6-7,14-15,19H,2-5,8-13H2,1H3. The van der Waals surface area contributed by atoms with Crippen LogP contribution in [0.1, 0.15) is 42.7 Å². The van der Waals surface area contributed by atoms with Gasteiger partial charge in [0, 0.05) is 32.7 Å². The Morgan fingerprint density at radius 3 is 2.67 bits per heavy atom. The molecule has 1 aromatic rings. The first-order valence-electron chi connectivity index (χ1n) is 8.46. The average molecular weight is 288 g/mol. The van der Waals surface area contributed by atoms with E-state index in [1.165, 1.54) is 49.9 Å². The Bertz CT molecular complexity index is 449. The molecule has 0 amide bonds. The van der Waals surface area contributed by atoms with E-state index in [2.05, 4.69) is 28.4 Å². The summed E-state index contributed by atoms with van der Waals surface area (Å²) in [4.78, 5) is 2.55. The summed E-state index contributed by atoms with van der Waals surface area (Å²) in [5, 5.41) is 3.42. The van der Waals surface area contributed by atoms with Gasteiger partial charge < -0.3 is 15.0 Å². The number of hydrogen-bond acceptors (Lipinski definition) is 3. The maximum Gasteiger partial charge on any atom is 0.122 e. The van der Waals surface area contributed by atoms with Crippen molar-refractivity contribution in [1.82, 2.24) is 10.2 Å². The summed E-state index contributed by atoms with van der Waals surface area (Å²) in [5.41, 5.74) is 2.92. The number of benzene rings is 1. The van der Waals surface area contributed by atoms with Crippen molar-refractivity contribution in [3.05, 3.63) is 29.3 Å². The van der Waals surface area contributed by atoms with Crippen LogP contribution >= 0.6 is 0 Å². The van der Waals surface area contributed by atoms with E-state index in [4.69, 9.17) is 4.74 Å². The van der Waals surface area contributed by atoms with E-state index in [9.17, 15) is 0 Å². The molecular weight excluding hydrogens is 260 g/mol. The van der Waals surface area contributed by atoms with Crippen LogP contribution in [0.3, 0.4) is 0 Å². The highest BCUT2D eigenvalue weighted by Crippen LogP contribution is 2.36. The van der Waals surface area contributed by atoms with E-state index in [0.29, 0.717) is 0 Å². The van der Waals surface area contributed by atoms with Gasteiger partial charge in [-0.2, -0.15) is 0 Å². The molecule has 1 aromatic carbocycles. The molecule has 0 atom stereocenters. The van der Waals surface area contributed by atoms with Crippen LogP contribution in [0.25, 0.3) is 0 Å². The van der Waals surface area contributed by atoms with Gasteiger partial charge >= 0.3 is 0 Å². The molecule has 1 saturated carbocycles. The second-order valence-electron chi connectivity index (χ2n) is 6.39. The van der Waals surface area contributed by atoms with Gasteiger partial charge in [-0.1, -0.05) is 25.0 Å². The Labute approximate surface area is 128 Å². The van der Waals surface area contributed by atoms with Gasteiger partial charge in [0.1, 0.15) is 5.75 Å². The minimum atomic E-state index is 0.786. The van der Waals surface area contributed by atoms with Crippen LogP contribution in [0.2, 0.25) is 0 Å².